The summed E-state index contributed by atoms with van der Waals surface area (Å²) < 4.78 is 18.2. The molecule has 0 saturated heterocycles. The largest absolute Gasteiger partial charge is 0.481 e. The van der Waals surface area contributed by atoms with Crippen molar-refractivity contribution in [2.45, 2.75) is 0 Å². The van der Waals surface area contributed by atoms with Crippen molar-refractivity contribution in [2.24, 2.45) is 0 Å². The molecule has 0 aliphatic heterocycles. The Morgan fingerprint density at radius 1 is 1.59 bits per heavy atom. The average Bonchev–Trinajstić information content (AvgIpc) is 2.34. The second-order valence-electron chi connectivity index (χ2n) is 3.03. The van der Waals surface area contributed by atoms with E-state index in [9.17, 15) is 9.18 Å². The Bertz CT molecular complexity index is 500. The molecule has 1 aromatic rings. The quantitative estimate of drug-likeness (QED) is 0.782. The second kappa shape index (κ2) is 6.14. The van der Waals surface area contributed by atoms with Gasteiger partial charge < -0.3 is 10.1 Å². The van der Waals surface area contributed by atoms with Crippen molar-refractivity contribution in [3.05, 3.63) is 29.6 Å². The lowest BCUT2D eigenvalue weighted by atomic mass is 10.2. The number of amides is 1. The maximum Gasteiger partial charge on any atom is 0.258 e. The Kier molecular flexibility index (Phi) is 4.53. The van der Waals surface area contributed by atoms with Crippen molar-refractivity contribution in [1.29, 1.82) is 5.26 Å². The first-order valence-electron chi connectivity index (χ1n) is 4.70. The summed E-state index contributed by atoms with van der Waals surface area (Å²) in [6.07, 6.45) is 4.94. The van der Waals surface area contributed by atoms with Crippen molar-refractivity contribution in [2.75, 3.05) is 13.2 Å². The van der Waals surface area contributed by atoms with E-state index in [0.29, 0.717) is 0 Å². The van der Waals surface area contributed by atoms with Crippen LogP contribution in [0, 0.1) is 29.5 Å². The fourth-order valence-corrected chi connectivity index (χ4v) is 1.03. The molecule has 17 heavy (non-hydrogen) atoms. The molecule has 0 saturated carbocycles. The number of hydrogen-bond acceptors (Lipinski definition) is 3. The van der Waals surface area contributed by atoms with Crippen molar-refractivity contribution < 1.29 is 13.9 Å². The van der Waals surface area contributed by atoms with Gasteiger partial charge in [0.1, 0.15) is 0 Å². The first kappa shape index (κ1) is 12.5. The number of rotatable bonds is 4. The Balaban J connectivity index is 2.56. The molecule has 0 heterocycles. The van der Waals surface area contributed by atoms with Gasteiger partial charge in [0.2, 0.25) is 0 Å². The maximum absolute atomic E-state index is 13.3. The van der Waals surface area contributed by atoms with E-state index in [2.05, 4.69) is 11.2 Å². The molecular formula is C12H9FN2O2. The Morgan fingerprint density at radius 3 is 2.94 bits per heavy atom. The van der Waals surface area contributed by atoms with Gasteiger partial charge in [-0.05, 0) is 18.2 Å². The third-order valence-corrected chi connectivity index (χ3v) is 1.81. The van der Waals surface area contributed by atoms with Gasteiger partial charge in [0.05, 0.1) is 18.2 Å². The molecule has 86 valence electrons. The summed E-state index contributed by atoms with van der Waals surface area (Å²) in [5.74, 6) is 1.02. The molecule has 0 aliphatic rings. The zero-order valence-electron chi connectivity index (χ0n) is 8.87. The lowest BCUT2D eigenvalue weighted by Crippen LogP contribution is -2.29. The highest BCUT2D eigenvalue weighted by Gasteiger charge is 2.07. The Morgan fingerprint density at radius 2 is 2.35 bits per heavy atom. The minimum atomic E-state index is -0.686. The highest BCUT2D eigenvalue weighted by atomic mass is 19.1. The van der Waals surface area contributed by atoms with E-state index in [0.717, 1.165) is 6.07 Å². The highest BCUT2D eigenvalue weighted by molar-refractivity contribution is 5.77. The van der Waals surface area contributed by atoms with E-state index in [1.807, 2.05) is 0 Å². The molecule has 1 amide bonds. The molecule has 1 aromatic carbocycles. The van der Waals surface area contributed by atoms with Crippen LogP contribution in [0.1, 0.15) is 5.56 Å². The molecule has 0 bridgehead atoms. The van der Waals surface area contributed by atoms with Crippen LogP contribution in [0.3, 0.4) is 0 Å². The molecule has 0 radical (unpaired) electrons. The van der Waals surface area contributed by atoms with Gasteiger partial charge in [-0.1, -0.05) is 5.92 Å². The van der Waals surface area contributed by atoms with Gasteiger partial charge in [-0.2, -0.15) is 5.26 Å². The molecule has 0 spiro atoms. The number of carbonyl (C=O) groups excluding carboxylic acids is 1. The summed E-state index contributed by atoms with van der Waals surface area (Å²) in [6, 6.07) is 5.52. The minimum Gasteiger partial charge on any atom is -0.481 e. The SMILES string of the molecule is C#CCNC(=O)COc1ccc(C#N)cc1F. The van der Waals surface area contributed by atoms with Gasteiger partial charge in [0.15, 0.2) is 18.2 Å². The number of carbonyl (C=O) groups is 1. The number of nitrogens with zero attached hydrogens (tertiary/aromatic N) is 1. The van der Waals surface area contributed by atoms with E-state index in [1.165, 1.54) is 12.1 Å². The van der Waals surface area contributed by atoms with Crippen LogP contribution in [0.5, 0.6) is 5.75 Å². The molecule has 4 nitrogen and oxygen atoms in total. The Hall–Kier alpha value is -2.53. The normalized spacial score (nSPS) is 8.88. The van der Waals surface area contributed by atoms with Crippen molar-refractivity contribution in [3.63, 3.8) is 0 Å². The molecule has 1 N–H and O–H groups in total. The van der Waals surface area contributed by atoms with Crippen LogP contribution in [0.2, 0.25) is 0 Å². The van der Waals surface area contributed by atoms with Crippen LogP contribution >= 0.6 is 0 Å². The van der Waals surface area contributed by atoms with Crippen molar-refractivity contribution >= 4 is 5.91 Å². The molecule has 1 rings (SSSR count). The van der Waals surface area contributed by atoms with E-state index in [-0.39, 0.29) is 24.5 Å². The smallest absolute Gasteiger partial charge is 0.258 e. The first-order chi connectivity index (χ1) is 8.17. The molecule has 0 aliphatic carbocycles. The number of nitrogens with one attached hydrogen (secondary N) is 1. The fraction of sp³-hybridized carbons (Fsp3) is 0.167. The van der Waals surface area contributed by atoms with Gasteiger partial charge in [-0.3, -0.25) is 4.79 Å². The molecule has 0 fully saturated rings. The first-order valence-corrected chi connectivity index (χ1v) is 4.70. The lowest BCUT2D eigenvalue weighted by molar-refractivity contribution is -0.122. The summed E-state index contributed by atoms with van der Waals surface area (Å²) in [4.78, 5) is 11.1. The summed E-state index contributed by atoms with van der Waals surface area (Å²) in [5, 5.41) is 10.9. The van der Waals surface area contributed by atoms with Crippen molar-refractivity contribution in [3.8, 4) is 24.2 Å². The molecular weight excluding hydrogens is 223 g/mol. The monoisotopic (exact) mass is 232 g/mol. The molecule has 5 heteroatoms. The predicted molar refractivity (Wildman–Crippen MR) is 58.5 cm³/mol. The number of benzene rings is 1. The standard InChI is InChI=1S/C12H9FN2O2/c1-2-5-15-12(16)8-17-11-4-3-9(7-14)6-10(11)13/h1,3-4,6H,5,8H2,(H,15,16). The highest BCUT2D eigenvalue weighted by Crippen LogP contribution is 2.17. The molecule has 0 aromatic heterocycles. The van der Waals surface area contributed by atoms with E-state index < -0.39 is 11.7 Å². The van der Waals surface area contributed by atoms with Gasteiger partial charge in [0, 0.05) is 0 Å². The topological polar surface area (TPSA) is 62.1 Å². The van der Waals surface area contributed by atoms with Crippen LogP contribution in [-0.4, -0.2) is 19.1 Å². The number of ether oxygens (including phenoxy) is 1. The third-order valence-electron chi connectivity index (χ3n) is 1.81. The van der Waals surface area contributed by atoms with Crippen LogP contribution in [-0.2, 0) is 4.79 Å². The fourth-order valence-electron chi connectivity index (χ4n) is 1.03. The van der Waals surface area contributed by atoms with Gasteiger partial charge >= 0.3 is 0 Å². The van der Waals surface area contributed by atoms with Crippen molar-refractivity contribution in [1.82, 2.24) is 5.32 Å². The van der Waals surface area contributed by atoms with Crippen LogP contribution in [0.4, 0.5) is 4.39 Å². The minimum absolute atomic E-state index is 0.0835. The lowest BCUT2D eigenvalue weighted by Gasteiger charge is -2.06. The van der Waals surface area contributed by atoms with Crippen LogP contribution in [0.15, 0.2) is 18.2 Å². The maximum atomic E-state index is 13.3. The number of nitriles is 1. The van der Waals surface area contributed by atoms with Crippen LogP contribution in [0.25, 0.3) is 0 Å². The Labute approximate surface area is 98.0 Å². The summed E-state index contributed by atoms with van der Waals surface area (Å²) in [7, 11) is 0. The molecule has 0 atom stereocenters. The second-order valence-corrected chi connectivity index (χ2v) is 3.03. The number of terminal acetylenes is 1. The number of halogens is 1. The van der Waals surface area contributed by atoms with E-state index in [1.54, 1.807) is 6.07 Å². The van der Waals surface area contributed by atoms with E-state index >= 15 is 0 Å². The average molecular weight is 232 g/mol. The van der Waals surface area contributed by atoms with Gasteiger partial charge in [-0.15, -0.1) is 6.42 Å². The van der Waals surface area contributed by atoms with Gasteiger partial charge in [0.25, 0.3) is 5.91 Å². The summed E-state index contributed by atoms with van der Waals surface area (Å²) >= 11 is 0. The van der Waals surface area contributed by atoms with Crippen LogP contribution < -0.4 is 10.1 Å². The predicted octanol–water partition coefficient (Wildman–Crippen LogP) is 0.826. The zero-order valence-corrected chi connectivity index (χ0v) is 8.87. The van der Waals surface area contributed by atoms with Gasteiger partial charge in [-0.25, -0.2) is 4.39 Å². The zero-order chi connectivity index (χ0) is 12.7. The summed E-state index contributed by atoms with van der Waals surface area (Å²) in [6.45, 7) is -0.234. The van der Waals surface area contributed by atoms with E-state index in [4.69, 9.17) is 16.4 Å². The third kappa shape index (κ3) is 3.84. The molecule has 0 unspecified atom stereocenters. The number of hydrogen-bond donors (Lipinski definition) is 1. The summed E-state index contributed by atoms with van der Waals surface area (Å²) in [5.41, 5.74) is 0.187.